The van der Waals surface area contributed by atoms with Crippen molar-refractivity contribution in [1.29, 1.82) is 0 Å². The Balaban J connectivity index is 2.04. The molecule has 1 saturated heterocycles. The number of ether oxygens (including phenoxy) is 2. The molecular formula is C21H32N2O4. The van der Waals surface area contributed by atoms with Gasteiger partial charge in [-0.05, 0) is 50.6 Å². The van der Waals surface area contributed by atoms with Crippen molar-refractivity contribution in [2.75, 3.05) is 39.9 Å². The first-order chi connectivity index (χ1) is 13.1. The fourth-order valence-corrected chi connectivity index (χ4v) is 3.62. The van der Waals surface area contributed by atoms with Gasteiger partial charge in [-0.15, -0.1) is 0 Å². The largest absolute Gasteiger partial charge is 0.497 e. The van der Waals surface area contributed by atoms with Crippen molar-refractivity contribution < 1.29 is 19.1 Å². The molecule has 0 aromatic heterocycles. The number of hydrogen-bond acceptors (Lipinski definition) is 5. The van der Waals surface area contributed by atoms with E-state index >= 15 is 0 Å². The summed E-state index contributed by atoms with van der Waals surface area (Å²) < 4.78 is 10.3. The summed E-state index contributed by atoms with van der Waals surface area (Å²) in [6.07, 6.45) is 2.79. The molecule has 0 saturated carbocycles. The number of esters is 1. The number of rotatable bonds is 10. The summed E-state index contributed by atoms with van der Waals surface area (Å²) >= 11 is 0. The molecule has 1 aromatic carbocycles. The maximum Gasteiger partial charge on any atom is 0.307 e. The predicted molar refractivity (Wildman–Crippen MR) is 105 cm³/mol. The number of hydrogen-bond donors (Lipinski definition) is 0. The van der Waals surface area contributed by atoms with Crippen molar-refractivity contribution in [2.45, 2.75) is 45.6 Å². The highest BCUT2D eigenvalue weighted by Crippen LogP contribution is 2.19. The molecule has 1 aromatic rings. The lowest BCUT2D eigenvalue weighted by Gasteiger charge is -2.30. The number of carbonyl (C=O) groups is 2. The summed E-state index contributed by atoms with van der Waals surface area (Å²) in [6.45, 7) is 7.44. The third-order valence-corrected chi connectivity index (χ3v) is 5.07. The Labute approximate surface area is 162 Å². The zero-order valence-electron chi connectivity index (χ0n) is 16.8. The van der Waals surface area contributed by atoms with Crippen LogP contribution < -0.4 is 4.74 Å². The molecule has 0 radical (unpaired) electrons. The Hall–Kier alpha value is -2.08. The molecule has 6 nitrogen and oxygen atoms in total. The fraction of sp³-hybridized carbons (Fsp3) is 0.619. The van der Waals surface area contributed by atoms with Gasteiger partial charge in [0.2, 0.25) is 5.91 Å². The first-order valence-electron chi connectivity index (χ1n) is 9.87. The summed E-state index contributed by atoms with van der Waals surface area (Å²) in [6, 6.07) is 7.93. The molecule has 6 heteroatoms. The van der Waals surface area contributed by atoms with E-state index in [1.807, 2.05) is 29.2 Å². The van der Waals surface area contributed by atoms with Crippen molar-refractivity contribution >= 4 is 11.9 Å². The molecule has 27 heavy (non-hydrogen) atoms. The van der Waals surface area contributed by atoms with E-state index in [0.717, 1.165) is 37.2 Å². The average Bonchev–Trinajstić information content (AvgIpc) is 3.12. The van der Waals surface area contributed by atoms with Crippen LogP contribution in [0.4, 0.5) is 0 Å². The maximum atomic E-state index is 13.0. The van der Waals surface area contributed by atoms with E-state index in [4.69, 9.17) is 9.47 Å². The van der Waals surface area contributed by atoms with Gasteiger partial charge in [0, 0.05) is 19.1 Å². The van der Waals surface area contributed by atoms with Gasteiger partial charge >= 0.3 is 5.97 Å². The van der Waals surface area contributed by atoms with Crippen molar-refractivity contribution in [3.05, 3.63) is 29.8 Å². The molecule has 0 aliphatic carbocycles. The lowest BCUT2D eigenvalue weighted by Crippen LogP contribution is -2.44. The van der Waals surface area contributed by atoms with Crippen molar-refractivity contribution in [1.82, 2.24) is 9.80 Å². The zero-order chi connectivity index (χ0) is 19.6. The minimum Gasteiger partial charge on any atom is -0.497 e. The van der Waals surface area contributed by atoms with Crippen molar-refractivity contribution in [2.24, 2.45) is 0 Å². The lowest BCUT2D eigenvalue weighted by atomic mass is 10.1. The average molecular weight is 376 g/mol. The van der Waals surface area contributed by atoms with Crippen LogP contribution in [0.15, 0.2) is 24.3 Å². The fourth-order valence-electron chi connectivity index (χ4n) is 3.62. The van der Waals surface area contributed by atoms with Gasteiger partial charge < -0.3 is 14.4 Å². The van der Waals surface area contributed by atoms with E-state index in [-0.39, 0.29) is 18.3 Å². The van der Waals surface area contributed by atoms with Gasteiger partial charge in [0.25, 0.3) is 0 Å². The molecule has 1 atom stereocenters. The van der Waals surface area contributed by atoms with E-state index < -0.39 is 0 Å². The van der Waals surface area contributed by atoms with Gasteiger partial charge in [-0.25, -0.2) is 0 Å². The van der Waals surface area contributed by atoms with Crippen LogP contribution in [0.25, 0.3) is 0 Å². The molecule has 0 bridgehead atoms. The summed E-state index contributed by atoms with van der Waals surface area (Å²) in [5.74, 6) is 0.525. The summed E-state index contributed by atoms with van der Waals surface area (Å²) in [5, 5.41) is 0. The number of benzene rings is 1. The SMILES string of the molecule is CCOC(=O)CCN(CC1CCCN1CC)C(=O)Cc1cccc(OC)c1. The van der Waals surface area contributed by atoms with Crippen LogP contribution in [0.1, 0.15) is 38.7 Å². The van der Waals surface area contributed by atoms with Crippen LogP contribution in [-0.2, 0) is 20.7 Å². The highest BCUT2D eigenvalue weighted by molar-refractivity contribution is 5.79. The third kappa shape index (κ3) is 6.54. The molecule has 0 N–H and O–H groups in total. The Bertz CT molecular complexity index is 620. The highest BCUT2D eigenvalue weighted by Gasteiger charge is 2.27. The first kappa shape index (κ1) is 21.2. The smallest absolute Gasteiger partial charge is 0.307 e. The zero-order valence-corrected chi connectivity index (χ0v) is 16.8. The summed E-state index contributed by atoms with van der Waals surface area (Å²) in [5.41, 5.74) is 0.916. The predicted octanol–water partition coefficient (Wildman–Crippen LogP) is 2.50. The molecule has 1 aliphatic heterocycles. The molecule has 1 aliphatic rings. The molecular weight excluding hydrogens is 344 g/mol. The minimum atomic E-state index is -0.254. The summed E-state index contributed by atoms with van der Waals surface area (Å²) in [7, 11) is 1.62. The Morgan fingerprint density at radius 2 is 2.11 bits per heavy atom. The van der Waals surface area contributed by atoms with E-state index in [0.29, 0.717) is 32.2 Å². The number of amides is 1. The second-order valence-corrected chi connectivity index (χ2v) is 6.85. The first-order valence-corrected chi connectivity index (χ1v) is 9.87. The minimum absolute atomic E-state index is 0.0375. The van der Waals surface area contributed by atoms with Crippen molar-refractivity contribution in [3.63, 3.8) is 0 Å². The van der Waals surface area contributed by atoms with Gasteiger partial charge in [0.15, 0.2) is 0 Å². The van der Waals surface area contributed by atoms with Gasteiger partial charge in [0.1, 0.15) is 5.75 Å². The Morgan fingerprint density at radius 3 is 2.81 bits per heavy atom. The number of carbonyl (C=O) groups excluding carboxylic acids is 2. The lowest BCUT2D eigenvalue weighted by molar-refractivity contribution is -0.144. The van der Waals surface area contributed by atoms with E-state index in [2.05, 4.69) is 11.8 Å². The normalized spacial score (nSPS) is 16.9. The van der Waals surface area contributed by atoms with E-state index in [1.165, 1.54) is 0 Å². The van der Waals surface area contributed by atoms with Gasteiger partial charge in [0.05, 0.1) is 26.6 Å². The van der Waals surface area contributed by atoms with Gasteiger partial charge in [-0.3, -0.25) is 14.5 Å². The molecule has 2 rings (SSSR count). The van der Waals surface area contributed by atoms with E-state index in [1.54, 1.807) is 14.0 Å². The van der Waals surface area contributed by atoms with Crippen LogP contribution in [0.2, 0.25) is 0 Å². The van der Waals surface area contributed by atoms with Crippen LogP contribution in [0, 0.1) is 0 Å². The second kappa shape index (κ2) is 10.9. The third-order valence-electron chi connectivity index (χ3n) is 5.07. The Kier molecular flexibility index (Phi) is 8.58. The molecule has 1 unspecified atom stereocenters. The number of methoxy groups -OCH3 is 1. The van der Waals surface area contributed by atoms with Crippen LogP contribution >= 0.6 is 0 Å². The Morgan fingerprint density at radius 1 is 1.30 bits per heavy atom. The standard InChI is InChI=1S/C21H32N2O4/c1-4-22-12-7-9-18(22)16-23(13-11-21(25)27-5-2)20(24)15-17-8-6-10-19(14-17)26-3/h6,8,10,14,18H,4-5,7,9,11-13,15-16H2,1-3H3. The second-order valence-electron chi connectivity index (χ2n) is 6.85. The number of nitrogens with zero attached hydrogens (tertiary/aromatic N) is 2. The topological polar surface area (TPSA) is 59.1 Å². The maximum absolute atomic E-state index is 13.0. The molecule has 1 fully saturated rings. The van der Waals surface area contributed by atoms with Gasteiger partial charge in [-0.1, -0.05) is 19.1 Å². The van der Waals surface area contributed by atoms with Crippen molar-refractivity contribution in [3.8, 4) is 5.75 Å². The van der Waals surface area contributed by atoms with Crippen LogP contribution in [-0.4, -0.2) is 67.6 Å². The quantitative estimate of drug-likeness (QED) is 0.587. The molecule has 1 amide bonds. The number of likely N-dealkylation sites (N-methyl/N-ethyl adjacent to an activating group) is 1. The summed E-state index contributed by atoms with van der Waals surface area (Å²) in [4.78, 5) is 29.0. The van der Waals surface area contributed by atoms with Crippen LogP contribution in [0.3, 0.4) is 0 Å². The molecule has 150 valence electrons. The molecule has 1 heterocycles. The molecule has 0 spiro atoms. The van der Waals surface area contributed by atoms with Gasteiger partial charge in [-0.2, -0.15) is 0 Å². The van der Waals surface area contributed by atoms with E-state index in [9.17, 15) is 9.59 Å². The monoisotopic (exact) mass is 376 g/mol. The van der Waals surface area contributed by atoms with Crippen LogP contribution in [0.5, 0.6) is 5.75 Å². The highest BCUT2D eigenvalue weighted by atomic mass is 16.5. The number of likely N-dealkylation sites (tertiary alicyclic amines) is 1.